The van der Waals surface area contributed by atoms with Crippen molar-refractivity contribution in [3.63, 3.8) is 0 Å². The van der Waals surface area contributed by atoms with Crippen LogP contribution in [-0.2, 0) is 16.1 Å². The number of furan rings is 1. The van der Waals surface area contributed by atoms with E-state index in [1.165, 1.54) is 11.2 Å². The van der Waals surface area contributed by atoms with Gasteiger partial charge in [0.1, 0.15) is 17.6 Å². The number of nitrogens with one attached hydrogen (secondary N) is 1. The van der Waals surface area contributed by atoms with Gasteiger partial charge in [0.05, 0.1) is 29.4 Å². The highest BCUT2D eigenvalue weighted by atomic mass is 16.3. The standard InChI is InChI=1S/C20H21N5O4/c1-12-15(13(2)23-22-12)18(26)16-17(14-5-3-10-29-14)25(20(28)19(16)27)8-4-7-24-9-6-21-11-24/h3,5-6,9-11,17,26H,4,7-8H2,1-2H3,(H,22,23)/t17-/m1/s1. The van der Waals surface area contributed by atoms with Gasteiger partial charge in [-0.05, 0) is 32.4 Å². The van der Waals surface area contributed by atoms with Gasteiger partial charge in [-0.1, -0.05) is 0 Å². The van der Waals surface area contributed by atoms with Crippen molar-refractivity contribution in [2.75, 3.05) is 6.54 Å². The van der Waals surface area contributed by atoms with Gasteiger partial charge >= 0.3 is 0 Å². The number of ketones is 1. The van der Waals surface area contributed by atoms with Gasteiger partial charge in [-0.2, -0.15) is 5.10 Å². The molecule has 0 bridgehead atoms. The average Bonchev–Trinajstić information content (AvgIpc) is 3.47. The lowest BCUT2D eigenvalue weighted by molar-refractivity contribution is -0.140. The van der Waals surface area contributed by atoms with E-state index >= 15 is 0 Å². The van der Waals surface area contributed by atoms with E-state index in [1.807, 2.05) is 10.8 Å². The number of Topliss-reactive ketones (excluding diaryl/α,β-unsaturated/α-hetero) is 1. The number of amides is 1. The van der Waals surface area contributed by atoms with E-state index in [2.05, 4.69) is 15.2 Å². The minimum absolute atomic E-state index is 0.0141. The molecule has 1 fully saturated rings. The molecule has 29 heavy (non-hydrogen) atoms. The maximum Gasteiger partial charge on any atom is 0.295 e. The highest BCUT2D eigenvalue weighted by Gasteiger charge is 2.47. The summed E-state index contributed by atoms with van der Waals surface area (Å²) in [4.78, 5) is 31.1. The third kappa shape index (κ3) is 3.24. The molecule has 1 atom stereocenters. The number of aromatic amines is 1. The molecule has 0 radical (unpaired) electrons. The second-order valence-electron chi connectivity index (χ2n) is 6.97. The van der Waals surface area contributed by atoms with Crippen molar-refractivity contribution in [3.05, 3.63) is 65.4 Å². The van der Waals surface area contributed by atoms with Gasteiger partial charge in [-0.25, -0.2) is 4.98 Å². The summed E-state index contributed by atoms with van der Waals surface area (Å²) in [5.74, 6) is -1.21. The maximum atomic E-state index is 12.9. The first-order valence-electron chi connectivity index (χ1n) is 9.28. The first-order valence-corrected chi connectivity index (χ1v) is 9.28. The highest BCUT2D eigenvalue weighted by Crippen LogP contribution is 2.40. The number of carbonyl (C=O) groups excluding carboxylic acids is 2. The summed E-state index contributed by atoms with van der Waals surface area (Å²) in [6.07, 6.45) is 7.31. The van der Waals surface area contributed by atoms with Crippen molar-refractivity contribution in [2.24, 2.45) is 0 Å². The molecule has 1 amide bonds. The number of hydrogen-bond donors (Lipinski definition) is 2. The summed E-state index contributed by atoms with van der Waals surface area (Å²) in [5.41, 5.74) is 1.60. The molecule has 4 heterocycles. The molecule has 3 aromatic rings. The molecule has 3 aromatic heterocycles. The predicted octanol–water partition coefficient (Wildman–Crippen LogP) is 2.33. The number of aliphatic hydroxyl groups is 1. The molecular formula is C20H21N5O4. The summed E-state index contributed by atoms with van der Waals surface area (Å²) in [7, 11) is 0. The Kier molecular flexibility index (Phi) is 4.79. The summed E-state index contributed by atoms with van der Waals surface area (Å²) in [6.45, 7) is 4.45. The zero-order chi connectivity index (χ0) is 20.5. The highest BCUT2D eigenvalue weighted by molar-refractivity contribution is 6.46. The molecule has 0 aliphatic carbocycles. The zero-order valence-electron chi connectivity index (χ0n) is 16.1. The van der Waals surface area contributed by atoms with Gasteiger partial charge in [0, 0.05) is 31.2 Å². The lowest BCUT2D eigenvalue weighted by atomic mass is 9.98. The van der Waals surface area contributed by atoms with Crippen LogP contribution in [0, 0.1) is 13.8 Å². The minimum Gasteiger partial charge on any atom is -0.507 e. The third-order valence-electron chi connectivity index (χ3n) is 5.09. The van der Waals surface area contributed by atoms with E-state index in [0.29, 0.717) is 42.2 Å². The minimum atomic E-state index is -0.790. The van der Waals surface area contributed by atoms with Crippen molar-refractivity contribution >= 4 is 17.4 Å². The Bertz CT molecular complexity index is 1040. The Hall–Kier alpha value is -3.62. The molecule has 150 valence electrons. The van der Waals surface area contributed by atoms with E-state index in [9.17, 15) is 14.7 Å². The molecule has 0 unspecified atom stereocenters. The van der Waals surface area contributed by atoms with Crippen molar-refractivity contribution in [1.29, 1.82) is 0 Å². The largest absolute Gasteiger partial charge is 0.507 e. The fourth-order valence-electron chi connectivity index (χ4n) is 3.73. The molecule has 0 aromatic carbocycles. The number of hydrogen-bond acceptors (Lipinski definition) is 6. The van der Waals surface area contributed by atoms with E-state index < -0.39 is 17.7 Å². The van der Waals surface area contributed by atoms with E-state index in [1.54, 1.807) is 38.5 Å². The molecular weight excluding hydrogens is 374 g/mol. The molecule has 4 rings (SSSR count). The third-order valence-corrected chi connectivity index (χ3v) is 5.09. The number of aromatic nitrogens is 4. The SMILES string of the molecule is Cc1n[nH]c(C)c1C(O)=C1C(=O)C(=O)N(CCCn2ccnc2)[C@@H]1c1ccco1. The smallest absolute Gasteiger partial charge is 0.295 e. The quantitative estimate of drug-likeness (QED) is 0.376. The van der Waals surface area contributed by atoms with Crippen molar-refractivity contribution < 1.29 is 19.1 Å². The maximum absolute atomic E-state index is 12.9. The van der Waals surface area contributed by atoms with Crippen molar-refractivity contribution in [3.8, 4) is 0 Å². The topological polar surface area (TPSA) is 117 Å². The van der Waals surface area contributed by atoms with Crippen LogP contribution >= 0.6 is 0 Å². The lowest BCUT2D eigenvalue weighted by Crippen LogP contribution is -2.31. The van der Waals surface area contributed by atoms with Crippen molar-refractivity contribution in [1.82, 2.24) is 24.6 Å². The number of likely N-dealkylation sites (tertiary alicyclic amines) is 1. The number of rotatable bonds is 6. The molecule has 1 aliphatic rings. The fourth-order valence-corrected chi connectivity index (χ4v) is 3.73. The van der Waals surface area contributed by atoms with Crippen LogP contribution in [0.15, 0.2) is 47.1 Å². The molecule has 1 aliphatic heterocycles. The van der Waals surface area contributed by atoms with Gasteiger partial charge in [0.25, 0.3) is 11.7 Å². The summed E-state index contributed by atoms with van der Waals surface area (Å²) >= 11 is 0. The molecule has 0 spiro atoms. The number of H-pyrrole nitrogens is 1. The first kappa shape index (κ1) is 18.7. The van der Waals surface area contributed by atoms with Gasteiger partial charge in [-0.15, -0.1) is 0 Å². The van der Waals surface area contributed by atoms with E-state index in [4.69, 9.17) is 4.42 Å². The Balaban J connectivity index is 1.72. The van der Waals surface area contributed by atoms with Crippen LogP contribution in [0.3, 0.4) is 0 Å². The normalized spacial score (nSPS) is 18.7. The fraction of sp³-hybridized carbons (Fsp3) is 0.300. The van der Waals surface area contributed by atoms with Crippen LogP contribution in [0.2, 0.25) is 0 Å². The molecule has 1 saturated heterocycles. The van der Waals surface area contributed by atoms with E-state index in [0.717, 1.165) is 0 Å². The lowest BCUT2D eigenvalue weighted by Gasteiger charge is -2.23. The second kappa shape index (κ2) is 7.42. The zero-order valence-corrected chi connectivity index (χ0v) is 16.1. The number of aryl methyl sites for hydroxylation is 3. The summed E-state index contributed by atoms with van der Waals surface area (Å²) in [5, 5.41) is 17.9. The van der Waals surface area contributed by atoms with Gasteiger partial charge in [-0.3, -0.25) is 14.7 Å². The van der Waals surface area contributed by atoms with Crippen LogP contribution in [-0.4, -0.2) is 48.0 Å². The van der Waals surface area contributed by atoms with Gasteiger partial charge in [0.15, 0.2) is 0 Å². The van der Waals surface area contributed by atoms with Crippen LogP contribution in [0.5, 0.6) is 0 Å². The number of imidazole rings is 1. The Labute approximate surface area is 166 Å². The Morgan fingerprint density at radius 3 is 2.76 bits per heavy atom. The van der Waals surface area contributed by atoms with Crippen LogP contribution in [0.4, 0.5) is 0 Å². The molecule has 0 saturated carbocycles. The van der Waals surface area contributed by atoms with Crippen LogP contribution < -0.4 is 0 Å². The number of aliphatic hydroxyl groups excluding tert-OH is 1. The van der Waals surface area contributed by atoms with Crippen LogP contribution in [0.25, 0.3) is 5.76 Å². The average molecular weight is 395 g/mol. The molecule has 9 heteroatoms. The number of carbonyl (C=O) groups is 2. The Morgan fingerprint density at radius 1 is 1.31 bits per heavy atom. The van der Waals surface area contributed by atoms with Crippen LogP contribution in [0.1, 0.15) is 35.2 Å². The Morgan fingerprint density at radius 2 is 2.14 bits per heavy atom. The molecule has 9 nitrogen and oxygen atoms in total. The summed E-state index contributed by atoms with van der Waals surface area (Å²) < 4.78 is 7.42. The van der Waals surface area contributed by atoms with Gasteiger partial charge in [0.2, 0.25) is 0 Å². The monoisotopic (exact) mass is 395 g/mol. The predicted molar refractivity (Wildman–Crippen MR) is 103 cm³/mol. The van der Waals surface area contributed by atoms with Gasteiger partial charge < -0.3 is 19.0 Å². The summed E-state index contributed by atoms with van der Waals surface area (Å²) in [6, 6.07) is 2.60. The van der Waals surface area contributed by atoms with E-state index in [-0.39, 0.29) is 11.3 Å². The second-order valence-corrected chi connectivity index (χ2v) is 6.97. The van der Waals surface area contributed by atoms with Crippen molar-refractivity contribution in [2.45, 2.75) is 32.9 Å². The first-order chi connectivity index (χ1) is 14.0. The molecule has 2 N–H and O–H groups in total. The number of nitrogens with zero attached hydrogens (tertiary/aromatic N) is 4.